The van der Waals surface area contributed by atoms with Crippen LogP contribution in [0, 0.1) is 5.92 Å². The van der Waals surface area contributed by atoms with E-state index in [4.69, 9.17) is 0 Å². The van der Waals surface area contributed by atoms with Gasteiger partial charge in [0, 0.05) is 5.69 Å². The van der Waals surface area contributed by atoms with Gasteiger partial charge in [-0.1, -0.05) is 19.9 Å². The summed E-state index contributed by atoms with van der Waals surface area (Å²) in [6.07, 6.45) is 0. The Morgan fingerprint density at radius 2 is 1.73 bits per heavy atom. The van der Waals surface area contributed by atoms with Gasteiger partial charge in [0.15, 0.2) is 0 Å². The Bertz CT molecular complexity index is 860. The summed E-state index contributed by atoms with van der Waals surface area (Å²) in [4.78, 5) is 25.4. The van der Waals surface area contributed by atoms with E-state index in [0.717, 1.165) is 0 Å². The minimum atomic E-state index is -3.53. The zero-order chi connectivity index (χ0) is 19.3. The molecule has 1 aromatic carbocycles. The molecule has 3 N–H and O–H groups in total. The topological polar surface area (TPSA) is 104 Å². The standard InChI is InChI=1S/C17H21N3O4S2/c1-11(2)15(20-16(21)14-5-4-10-25-14)17(22)19-12-6-8-13(9-7-12)26(23,24)18-3/h4-11,15,18H,1-3H3,(H,19,22)(H,20,21)/t15-/m1/s1. The van der Waals surface area contributed by atoms with E-state index in [2.05, 4.69) is 15.4 Å². The maximum Gasteiger partial charge on any atom is 0.262 e. The van der Waals surface area contributed by atoms with Gasteiger partial charge < -0.3 is 10.6 Å². The number of rotatable bonds is 7. The molecule has 2 amide bonds. The number of hydrogen-bond donors (Lipinski definition) is 3. The zero-order valence-corrected chi connectivity index (χ0v) is 16.3. The molecule has 9 heteroatoms. The molecule has 0 radical (unpaired) electrons. The van der Waals surface area contributed by atoms with E-state index in [-0.39, 0.29) is 22.6 Å². The average molecular weight is 396 g/mol. The fraction of sp³-hybridized carbons (Fsp3) is 0.294. The molecule has 0 fully saturated rings. The molecule has 1 atom stereocenters. The summed E-state index contributed by atoms with van der Waals surface area (Å²) < 4.78 is 25.7. The van der Waals surface area contributed by atoms with Gasteiger partial charge in [-0.05, 0) is 48.7 Å². The summed E-state index contributed by atoms with van der Waals surface area (Å²) in [5, 5.41) is 7.23. The van der Waals surface area contributed by atoms with Gasteiger partial charge in [-0.2, -0.15) is 0 Å². The first-order valence-electron chi connectivity index (χ1n) is 7.93. The van der Waals surface area contributed by atoms with Crippen molar-refractivity contribution in [3.05, 3.63) is 46.7 Å². The minimum absolute atomic E-state index is 0.101. The van der Waals surface area contributed by atoms with Crippen LogP contribution in [0.15, 0.2) is 46.7 Å². The molecule has 0 aliphatic rings. The summed E-state index contributed by atoms with van der Waals surface area (Å²) in [6.45, 7) is 3.67. The molecule has 0 unspecified atom stereocenters. The molecule has 0 saturated heterocycles. The Morgan fingerprint density at radius 3 is 2.23 bits per heavy atom. The Morgan fingerprint density at radius 1 is 1.08 bits per heavy atom. The zero-order valence-electron chi connectivity index (χ0n) is 14.6. The van der Waals surface area contributed by atoms with Crippen LogP contribution in [0.5, 0.6) is 0 Å². The monoisotopic (exact) mass is 395 g/mol. The molecule has 26 heavy (non-hydrogen) atoms. The predicted octanol–water partition coefficient (Wildman–Crippen LogP) is 2.05. The highest BCUT2D eigenvalue weighted by Gasteiger charge is 2.25. The van der Waals surface area contributed by atoms with Crippen molar-refractivity contribution in [1.29, 1.82) is 0 Å². The van der Waals surface area contributed by atoms with Crippen molar-refractivity contribution in [3.8, 4) is 0 Å². The van der Waals surface area contributed by atoms with Crippen molar-refractivity contribution in [2.24, 2.45) is 5.92 Å². The summed E-state index contributed by atoms with van der Waals surface area (Å²) in [5.41, 5.74) is 0.445. The summed E-state index contributed by atoms with van der Waals surface area (Å²) in [7, 11) is -2.20. The van der Waals surface area contributed by atoms with Crippen LogP contribution in [0.4, 0.5) is 5.69 Å². The molecule has 2 rings (SSSR count). The Balaban J connectivity index is 2.09. The van der Waals surface area contributed by atoms with Crippen LogP contribution in [-0.4, -0.2) is 33.3 Å². The minimum Gasteiger partial charge on any atom is -0.339 e. The summed E-state index contributed by atoms with van der Waals surface area (Å²) in [5.74, 6) is -0.790. The van der Waals surface area contributed by atoms with Crippen LogP contribution in [0.3, 0.4) is 0 Å². The molecular weight excluding hydrogens is 374 g/mol. The van der Waals surface area contributed by atoms with Crippen molar-refractivity contribution < 1.29 is 18.0 Å². The number of anilines is 1. The van der Waals surface area contributed by atoms with Crippen LogP contribution in [0.1, 0.15) is 23.5 Å². The first kappa shape index (κ1) is 20.1. The smallest absolute Gasteiger partial charge is 0.262 e. The third kappa shape index (κ3) is 4.90. The van der Waals surface area contributed by atoms with Crippen molar-refractivity contribution in [3.63, 3.8) is 0 Å². The number of sulfonamides is 1. The Labute approximate surface area is 156 Å². The van der Waals surface area contributed by atoms with E-state index in [0.29, 0.717) is 10.6 Å². The number of nitrogens with one attached hydrogen (secondary N) is 3. The van der Waals surface area contributed by atoms with E-state index in [9.17, 15) is 18.0 Å². The molecule has 0 saturated carbocycles. The van der Waals surface area contributed by atoms with E-state index in [1.165, 1.54) is 42.6 Å². The molecule has 1 aromatic heterocycles. The lowest BCUT2D eigenvalue weighted by Crippen LogP contribution is -2.46. The van der Waals surface area contributed by atoms with Gasteiger partial charge in [0.05, 0.1) is 9.77 Å². The molecule has 140 valence electrons. The van der Waals surface area contributed by atoms with Gasteiger partial charge in [-0.15, -0.1) is 11.3 Å². The van der Waals surface area contributed by atoms with Crippen molar-refractivity contribution >= 4 is 38.9 Å². The lowest BCUT2D eigenvalue weighted by molar-refractivity contribution is -0.118. The van der Waals surface area contributed by atoms with Gasteiger partial charge in [0.1, 0.15) is 6.04 Å². The van der Waals surface area contributed by atoms with Gasteiger partial charge in [-0.3, -0.25) is 9.59 Å². The highest BCUT2D eigenvalue weighted by atomic mass is 32.2. The third-order valence-corrected chi connectivity index (χ3v) is 5.98. The fourth-order valence-corrected chi connectivity index (χ4v) is 3.57. The van der Waals surface area contributed by atoms with E-state index >= 15 is 0 Å². The summed E-state index contributed by atoms with van der Waals surface area (Å²) >= 11 is 1.30. The second kappa shape index (κ2) is 8.43. The largest absolute Gasteiger partial charge is 0.339 e. The molecular formula is C17H21N3O4S2. The second-order valence-corrected chi connectivity index (χ2v) is 8.73. The van der Waals surface area contributed by atoms with Gasteiger partial charge in [0.25, 0.3) is 5.91 Å². The first-order valence-corrected chi connectivity index (χ1v) is 10.3. The second-order valence-electron chi connectivity index (χ2n) is 5.89. The highest BCUT2D eigenvalue weighted by Crippen LogP contribution is 2.16. The number of carbonyl (C=O) groups is 2. The molecule has 0 aliphatic carbocycles. The molecule has 0 spiro atoms. The SMILES string of the molecule is CNS(=O)(=O)c1ccc(NC(=O)[C@H](NC(=O)c2cccs2)C(C)C)cc1. The molecule has 7 nitrogen and oxygen atoms in total. The summed E-state index contributed by atoms with van der Waals surface area (Å²) in [6, 6.07) is 8.54. The number of amides is 2. The lowest BCUT2D eigenvalue weighted by atomic mass is 10.0. The van der Waals surface area contributed by atoms with Crippen molar-refractivity contribution in [2.75, 3.05) is 12.4 Å². The molecule has 1 heterocycles. The van der Waals surface area contributed by atoms with Gasteiger partial charge in [0.2, 0.25) is 15.9 Å². The van der Waals surface area contributed by atoms with Crippen LogP contribution in [-0.2, 0) is 14.8 Å². The molecule has 0 aliphatic heterocycles. The normalized spacial score (nSPS) is 12.6. The quantitative estimate of drug-likeness (QED) is 0.667. The van der Waals surface area contributed by atoms with E-state index in [1.807, 2.05) is 13.8 Å². The number of carbonyl (C=O) groups excluding carboxylic acids is 2. The number of hydrogen-bond acceptors (Lipinski definition) is 5. The molecule has 0 bridgehead atoms. The fourth-order valence-electron chi connectivity index (χ4n) is 2.21. The maximum absolute atomic E-state index is 12.5. The van der Waals surface area contributed by atoms with Crippen LogP contribution in [0.2, 0.25) is 0 Å². The first-order chi connectivity index (χ1) is 12.2. The maximum atomic E-state index is 12.5. The van der Waals surface area contributed by atoms with Crippen molar-refractivity contribution in [2.45, 2.75) is 24.8 Å². The van der Waals surface area contributed by atoms with Crippen LogP contribution in [0.25, 0.3) is 0 Å². The third-order valence-electron chi connectivity index (χ3n) is 3.68. The Kier molecular flexibility index (Phi) is 6.52. The lowest BCUT2D eigenvalue weighted by Gasteiger charge is -2.21. The van der Waals surface area contributed by atoms with E-state index < -0.39 is 16.1 Å². The van der Waals surface area contributed by atoms with Crippen LogP contribution >= 0.6 is 11.3 Å². The number of thiophene rings is 1. The van der Waals surface area contributed by atoms with Gasteiger partial charge >= 0.3 is 0 Å². The predicted molar refractivity (Wildman–Crippen MR) is 102 cm³/mol. The van der Waals surface area contributed by atoms with E-state index in [1.54, 1.807) is 17.5 Å². The Hall–Kier alpha value is -2.23. The van der Waals surface area contributed by atoms with Crippen LogP contribution < -0.4 is 15.4 Å². The molecule has 2 aromatic rings. The van der Waals surface area contributed by atoms with Gasteiger partial charge in [-0.25, -0.2) is 13.1 Å². The highest BCUT2D eigenvalue weighted by molar-refractivity contribution is 7.89. The van der Waals surface area contributed by atoms with Crippen molar-refractivity contribution in [1.82, 2.24) is 10.0 Å². The number of benzene rings is 1. The average Bonchev–Trinajstić information content (AvgIpc) is 3.14.